The second-order valence-corrected chi connectivity index (χ2v) is 7.98. The lowest BCUT2D eigenvalue weighted by molar-refractivity contribution is -0.141. The van der Waals surface area contributed by atoms with Crippen LogP contribution in [0.25, 0.3) is 17.1 Å². The standard InChI is InChI=1S/C20H20BF3N2O3/c1-18(2)19(3,4)29-21(28-18)13-7-5-8-14(11-13)26-15(16-9-6-10-27-16)12-17(25-26)20(22,23)24/h5-12H,1-4H3. The van der Waals surface area contributed by atoms with Gasteiger partial charge < -0.3 is 13.7 Å². The molecule has 1 aliphatic heterocycles. The molecule has 1 aliphatic rings. The summed E-state index contributed by atoms with van der Waals surface area (Å²) in [6.45, 7) is 7.76. The molecular formula is C20H20BF3N2O3. The molecule has 0 aliphatic carbocycles. The summed E-state index contributed by atoms with van der Waals surface area (Å²) in [4.78, 5) is 0. The largest absolute Gasteiger partial charge is 0.494 e. The van der Waals surface area contributed by atoms with E-state index in [2.05, 4.69) is 5.10 Å². The first kappa shape index (κ1) is 19.8. The minimum absolute atomic E-state index is 0.202. The van der Waals surface area contributed by atoms with Gasteiger partial charge in [0.1, 0.15) is 5.69 Å². The van der Waals surface area contributed by atoms with Crippen molar-refractivity contribution in [3.05, 3.63) is 54.4 Å². The molecule has 0 bridgehead atoms. The van der Waals surface area contributed by atoms with Gasteiger partial charge in [0, 0.05) is 6.07 Å². The molecule has 1 aromatic carbocycles. The molecule has 0 saturated carbocycles. The van der Waals surface area contributed by atoms with Gasteiger partial charge in [0.2, 0.25) is 0 Å². The number of nitrogens with zero attached hydrogens (tertiary/aromatic N) is 2. The molecule has 5 nitrogen and oxygen atoms in total. The number of halogens is 3. The molecule has 1 saturated heterocycles. The number of furan rings is 1. The van der Waals surface area contributed by atoms with Gasteiger partial charge in [0.15, 0.2) is 11.5 Å². The fourth-order valence-corrected chi connectivity index (χ4v) is 3.10. The first-order chi connectivity index (χ1) is 13.5. The normalized spacial score (nSPS) is 18.4. The van der Waals surface area contributed by atoms with E-state index in [0.717, 1.165) is 6.07 Å². The van der Waals surface area contributed by atoms with Crippen molar-refractivity contribution < 1.29 is 26.9 Å². The lowest BCUT2D eigenvalue weighted by atomic mass is 9.79. The molecule has 152 valence electrons. The van der Waals surface area contributed by atoms with Crippen LogP contribution in [0.4, 0.5) is 13.2 Å². The third-order valence-corrected chi connectivity index (χ3v) is 5.41. The van der Waals surface area contributed by atoms with E-state index in [4.69, 9.17) is 13.7 Å². The highest BCUT2D eigenvalue weighted by Gasteiger charge is 2.51. The van der Waals surface area contributed by atoms with E-state index >= 15 is 0 Å². The van der Waals surface area contributed by atoms with E-state index in [1.54, 1.807) is 30.3 Å². The van der Waals surface area contributed by atoms with E-state index < -0.39 is 30.2 Å². The van der Waals surface area contributed by atoms with Crippen LogP contribution in [-0.4, -0.2) is 28.1 Å². The van der Waals surface area contributed by atoms with Crippen molar-refractivity contribution in [2.24, 2.45) is 0 Å². The molecule has 0 unspecified atom stereocenters. The van der Waals surface area contributed by atoms with Crippen molar-refractivity contribution in [3.63, 3.8) is 0 Å². The third kappa shape index (κ3) is 3.49. The molecule has 2 aromatic heterocycles. The molecule has 0 amide bonds. The van der Waals surface area contributed by atoms with Gasteiger partial charge in [-0.15, -0.1) is 0 Å². The van der Waals surface area contributed by atoms with E-state index in [1.165, 1.54) is 10.9 Å². The summed E-state index contributed by atoms with van der Waals surface area (Å²) in [6.07, 6.45) is -3.17. The van der Waals surface area contributed by atoms with Gasteiger partial charge in [-0.05, 0) is 57.4 Å². The molecule has 0 spiro atoms. The van der Waals surface area contributed by atoms with E-state index in [1.807, 2.05) is 33.8 Å². The average molecular weight is 404 g/mol. The number of benzene rings is 1. The van der Waals surface area contributed by atoms with E-state index in [0.29, 0.717) is 11.2 Å². The topological polar surface area (TPSA) is 49.4 Å². The Hall–Kier alpha value is -2.52. The molecule has 0 N–H and O–H groups in total. The fourth-order valence-electron chi connectivity index (χ4n) is 3.10. The monoisotopic (exact) mass is 404 g/mol. The van der Waals surface area contributed by atoms with Crippen LogP contribution in [0.2, 0.25) is 0 Å². The Bertz CT molecular complexity index is 1010. The van der Waals surface area contributed by atoms with Gasteiger partial charge in [-0.2, -0.15) is 18.3 Å². The van der Waals surface area contributed by atoms with Crippen LogP contribution in [0.1, 0.15) is 33.4 Å². The molecule has 0 radical (unpaired) electrons. The van der Waals surface area contributed by atoms with Crippen LogP contribution in [0, 0.1) is 0 Å². The molecule has 4 rings (SSSR count). The summed E-state index contributed by atoms with van der Waals surface area (Å²) >= 11 is 0. The Morgan fingerprint density at radius 3 is 2.24 bits per heavy atom. The van der Waals surface area contributed by atoms with Gasteiger partial charge in [-0.3, -0.25) is 0 Å². The molecule has 3 heterocycles. The Labute approximate surface area is 166 Å². The first-order valence-electron chi connectivity index (χ1n) is 9.15. The highest BCUT2D eigenvalue weighted by atomic mass is 19.4. The lowest BCUT2D eigenvalue weighted by Gasteiger charge is -2.32. The van der Waals surface area contributed by atoms with Gasteiger partial charge in [-0.1, -0.05) is 12.1 Å². The highest BCUT2D eigenvalue weighted by Crippen LogP contribution is 2.37. The summed E-state index contributed by atoms with van der Waals surface area (Å²) in [5, 5.41) is 3.78. The number of alkyl halides is 3. The zero-order valence-electron chi connectivity index (χ0n) is 16.4. The summed E-state index contributed by atoms with van der Waals surface area (Å²) in [5.74, 6) is 0.286. The second kappa shape index (κ2) is 6.50. The molecule has 9 heteroatoms. The first-order valence-corrected chi connectivity index (χ1v) is 9.15. The summed E-state index contributed by atoms with van der Waals surface area (Å²) in [7, 11) is -0.635. The van der Waals surface area contributed by atoms with Crippen molar-refractivity contribution in [1.29, 1.82) is 0 Å². The maximum atomic E-state index is 13.3. The van der Waals surface area contributed by atoms with Crippen LogP contribution < -0.4 is 5.46 Å². The predicted molar refractivity (Wildman–Crippen MR) is 102 cm³/mol. The Morgan fingerprint density at radius 1 is 0.966 bits per heavy atom. The zero-order chi connectivity index (χ0) is 21.0. The molecule has 3 aromatic rings. The summed E-state index contributed by atoms with van der Waals surface area (Å²) in [5.41, 5.74) is -0.710. The van der Waals surface area contributed by atoms with Crippen LogP contribution in [0.3, 0.4) is 0 Å². The zero-order valence-corrected chi connectivity index (χ0v) is 16.4. The van der Waals surface area contributed by atoms with Gasteiger partial charge in [0.25, 0.3) is 0 Å². The molecule has 0 atom stereocenters. The smallest absolute Gasteiger partial charge is 0.463 e. The summed E-state index contributed by atoms with van der Waals surface area (Å²) < 4.78 is 58.5. The van der Waals surface area contributed by atoms with Crippen LogP contribution in [-0.2, 0) is 15.5 Å². The SMILES string of the molecule is CC1(C)OB(c2cccc(-n3nc(C(F)(F)F)cc3-c3ccco3)c2)OC1(C)C. The quantitative estimate of drug-likeness (QED) is 0.606. The van der Waals surface area contributed by atoms with Gasteiger partial charge in [0.05, 0.1) is 23.2 Å². The Morgan fingerprint density at radius 2 is 1.66 bits per heavy atom. The third-order valence-electron chi connectivity index (χ3n) is 5.41. The van der Waals surface area contributed by atoms with Crippen LogP contribution in [0.15, 0.2) is 53.1 Å². The van der Waals surface area contributed by atoms with E-state index in [9.17, 15) is 13.2 Å². The summed E-state index contributed by atoms with van der Waals surface area (Å²) in [6, 6.07) is 11.1. The Balaban J connectivity index is 1.77. The molecule has 29 heavy (non-hydrogen) atoms. The molecular weight excluding hydrogens is 384 g/mol. The van der Waals surface area contributed by atoms with Crippen molar-refractivity contribution >= 4 is 12.6 Å². The predicted octanol–water partition coefficient (Wildman–Crippen LogP) is 4.45. The highest BCUT2D eigenvalue weighted by molar-refractivity contribution is 6.62. The number of hydrogen-bond donors (Lipinski definition) is 0. The molecule has 1 fully saturated rings. The van der Waals surface area contributed by atoms with E-state index in [-0.39, 0.29) is 11.5 Å². The van der Waals surface area contributed by atoms with Crippen molar-refractivity contribution in [2.75, 3.05) is 0 Å². The minimum Gasteiger partial charge on any atom is -0.463 e. The van der Waals surface area contributed by atoms with Crippen molar-refractivity contribution in [3.8, 4) is 17.1 Å². The van der Waals surface area contributed by atoms with Crippen molar-refractivity contribution in [1.82, 2.24) is 9.78 Å². The van der Waals surface area contributed by atoms with Crippen LogP contribution in [0.5, 0.6) is 0 Å². The lowest BCUT2D eigenvalue weighted by Crippen LogP contribution is -2.41. The maximum absolute atomic E-state index is 13.3. The maximum Gasteiger partial charge on any atom is 0.494 e. The van der Waals surface area contributed by atoms with Gasteiger partial charge in [-0.25, -0.2) is 4.68 Å². The number of hydrogen-bond acceptors (Lipinski definition) is 4. The number of aromatic nitrogens is 2. The Kier molecular flexibility index (Phi) is 4.43. The number of rotatable bonds is 3. The van der Waals surface area contributed by atoms with Crippen LogP contribution >= 0.6 is 0 Å². The fraction of sp³-hybridized carbons (Fsp3) is 0.350. The average Bonchev–Trinajstić information content (AvgIpc) is 3.33. The van der Waals surface area contributed by atoms with Crippen molar-refractivity contribution in [2.45, 2.75) is 45.1 Å². The second-order valence-electron chi connectivity index (χ2n) is 7.98. The van der Waals surface area contributed by atoms with Gasteiger partial charge >= 0.3 is 13.3 Å². The minimum atomic E-state index is -4.57.